The van der Waals surface area contributed by atoms with E-state index in [2.05, 4.69) is 68.8 Å². The van der Waals surface area contributed by atoms with Crippen LogP contribution in [0.1, 0.15) is 70.7 Å². The summed E-state index contributed by atoms with van der Waals surface area (Å²) < 4.78 is 0. The molecule has 180 valence electrons. The molecule has 3 atom stereocenters. The molecule has 2 aromatic carbocycles. The molecule has 1 aliphatic rings. The number of hydrogen-bond donors (Lipinski definition) is 4. The van der Waals surface area contributed by atoms with Crippen LogP contribution in [0, 0.1) is 5.41 Å². The summed E-state index contributed by atoms with van der Waals surface area (Å²) in [4.78, 5) is 11.8. The fraction of sp³-hybridized carbons (Fsp3) is 0.536. The SMILES string of the molecule is CC(=O)N[C@@H](Cc1ccccc1)[C@@H](O)CN[C@H]1CC(C)(C)Nc2ccc(CC(C)(C)C)cc21. The van der Waals surface area contributed by atoms with Crippen molar-refractivity contribution in [2.75, 3.05) is 11.9 Å². The minimum Gasteiger partial charge on any atom is -0.390 e. The Morgan fingerprint density at radius 2 is 1.85 bits per heavy atom. The molecule has 1 heterocycles. The minimum atomic E-state index is -0.701. The molecule has 0 spiro atoms. The number of carbonyl (C=O) groups is 1. The Morgan fingerprint density at radius 1 is 1.15 bits per heavy atom. The van der Waals surface area contributed by atoms with Crippen molar-refractivity contribution in [3.8, 4) is 0 Å². The van der Waals surface area contributed by atoms with Crippen LogP contribution in [0.3, 0.4) is 0 Å². The number of fused-ring (bicyclic) bond motifs is 1. The average molecular weight is 452 g/mol. The maximum absolute atomic E-state index is 11.8. The fourth-order valence-electron chi connectivity index (χ4n) is 4.77. The number of rotatable bonds is 8. The van der Waals surface area contributed by atoms with E-state index in [1.54, 1.807) is 0 Å². The van der Waals surface area contributed by atoms with Crippen LogP contribution in [0.4, 0.5) is 5.69 Å². The molecule has 4 N–H and O–H groups in total. The summed E-state index contributed by atoms with van der Waals surface area (Å²) in [5.74, 6) is -0.129. The van der Waals surface area contributed by atoms with Gasteiger partial charge in [0, 0.05) is 30.7 Å². The molecule has 0 aromatic heterocycles. The summed E-state index contributed by atoms with van der Waals surface area (Å²) in [6.45, 7) is 13.1. The van der Waals surface area contributed by atoms with Crippen LogP contribution in [0.25, 0.3) is 0 Å². The lowest BCUT2D eigenvalue weighted by Crippen LogP contribution is -2.50. The third-order valence-electron chi connectivity index (χ3n) is 6.14. The van der Waals surface area contributed by atoms with Gasteiger partial charge in [0.25, 0.3) is 0 Å². The number of hydrogen-bond acceptors (Lipinski definition) is 4. The highest BCUT2D eigenvalue weighted by Gasteiger charge is 2.32. The van der Waals surface area contributed by atoms with Gasteiger partial charge in [-0.2, -0.15) is 0 Å². The van der Waals surface area contributed by atoms with Crippen LogP contribution in [-0.2, 0) is 17.6 Å². The summed E-state index contributed by atoms with van der Waals surface area (Å²) in [5.41, 5.74) is 4.99. The van der Waals surface area contributed by atoms with E-state index in [0.717, 1.165) is 24.1 Å². The smallest absolute Gasteiger partial charge is 0.217 e. The van der Waals surface area contributed by atoms with Crippen LogP contribution < -0.4 is 16.0 Å². The maximum atomic E-state index is 11.8. The third-order valence-corrected chi connectivity index (χ3v) is 6.14. The highest BCUT2D eigenvalue weighted by Crippen LogP contribution is 2.38. The molecule has 0 saturated heterocycles. The first-order chi connectivity index (χ1) is 15.4. The van der Waals surface area contributed by atoms with Crippen molar-refractivity contribution in [1.29, 1.82) is 0 Å². The Balaban J connectivity index is 1.75. The van der Waals surface area contributed by atoms with E-state index in [9.17, 15) is 9.90 Å². The molecule has 1 aliphatic heterocycles. The van der Waals surface area contributed by atoms with Crippen LogP contribution >= 0.6 is 0 Å². The molecule has 0 aliphatic carbocycles. The lowest BCUT2D eigenvalue weighted by atomic mass is 9.82. The molecule has 5 nitrogen and oxygen atoms in total. The summed E-state index contributed by atoms with van der Waals surface area (Å²) in [5, 5.41) is 21.3. The Kier molecular flexibility index (Phi) is 7.86. The zero-order chi connectivity index (χ0) is 24.2. The molecule has 0 fully saturated rings. The Bertz CT molecular complexity index is 934. The Morgan fingerprint density at radius 3 is 2.48 bits per heavy atom. The Labute approximate surface area is 199 Å². The lowest BCUT2D eigenvalue weighted by Gasteiger charge is -2.40. The van der Waals surface area contributed by atoms with Gasteiger partial charge < -0.3 is 21.1 Å². The number of aliphatic hydroxyl groups is 1. The van der Waals surface area contributed by atoms with Gasteiger partial charge in [-0.1, -0.05) is 63.2 Å². The number of benzene rings is 2. The predicted octanol–water partition coefficient (Wildman–Crippen LogP) is 4.61. The third kappa shape index (κ3) is 7.58. The lowest BCUT2D eigenvalue weighted by molar-refractivity contribution is -0.120. The first kappa shape index (κ1) is 25.3. The van der Waals surface area contributed by atoms with Crippen molar-refractivity contribution < 1.29 is 9.90 Å². The molecule has 0 saturated carbocycles. The van der Waals surface area contributed by atoms with Crippen LogP contribution in [0.2, 0.25) is 0 Å². The van der Waals surface area contributed by atoms with Gasteiger partial charge in [-0.15, -0.1) is 0 Å². The molecular formula is C28H41N3O2. The van der Waals surface area contributed by atoms with Crippen molar-refractivity contribution >= 4 is 11.6 Å². The molecule has 2 aromatic rings. The van der Waals surface area contributed by atoms with E-state index in [1.165, 1.54) is 18.1 Å². The van der Waals surface area contributed by atoms with Gasteiger partial charge in [0.2, 0.25) is 5.91 Å². The van der Waals surface area contributed by atoms with Gasteiger partial charge in [-0.05, 0) is 61.3 Å². The predicted molar refractivity (Wildman–Crippen MR) is 136 cm³/mol. The van der Waals surface area contributed by atoms with Crippen LogP contribution in [-0.4, -0.2) is 35.2 Å². The maximum Gasteiger partial charge on any atom is 0.217 e. The molecule has 0 unspecified atom stereocenters. The second-order valence-corrected chi connectivity index (χ2v) is 11.4. The van der Waals surface area contributed by atoms with E-state index in [1.807, 2.05) is 30.3 Å². The quantitative estimate of drug-likeness (QED) is 0.473. The Hall–Kier alpha value is -2.37. The second-order valence-electron chi connectivity index (χ2n) is 11.4. The van der Waals surface area contributed by atoms with Crippen molar-refractivity contribution in [3.63, 3.8) is 0 Å². The summed E-state index contributed by atoms with van der Waals surface area (Å²) in [6, 6.07) is 16.5. The molecule has 1 amide bonds. The fourth-order valence-corrected chi connectivity index (χ4v) is 4.77. The van der Waals surface area contributed by atoms with E-state index in [0.29, 0.717) is 13.0 Å². The van der Waals surface area contributed by atoms with E-state index >= 15 is 0 Å². The van der Waals surface area contributed by atoms with Crippen molar-refractivity contribution in [2.24, 2.45) is 5.41 Å². The number of aliphatic hydroxyl groups excluding tert-OH is 1. The molecule has 3 rings (SSSR count). The number of amides is 1. The van der Waals surface area contributed by atoms with E-state index < -0.39 is 6.10 Å². The number of anilines is 1. The number of nitrogens with one attached hydrogen (secondary N) is 3. The van der Waals surface area contributed by atoms with Crippen LogP contribution in [0.5, 0.6) is 0 Å². The normalized spacial score (nSPS) is 19.2. The van der Waals surface area contributed by atoms with Gasteiger partial charge in [-0.25, -0.2) is 0 Å². The summed E-state index contributed by atoms with van der Waals surface area (Å²) >= 11 is 0. The van der Waals surface area contributed by atoms with Crippen LogP contribution in [0.15, 0.2) is 48.5 Å². The average Bonchev–Trinajstić information content (AvgIpc) is 2.70. The molecule has 0 radical (unpaired) electrons. The van der Waals surface area contributed by atoms with Crippen molar-refractivity contribution in [1.82, 2.24) is 10.6 Å². The molecular weight excluding hydrogens is 410 g/mol. The highest BCUT2D eigenvalue weighted by atomic mass is 16.3. The van der Waals surface area contributed by atoms with Crippen molar-refractivity contribution in [2.45, 2.75) is 84.5 Å². The van der Waals surface area contributed by atoms with Crippen molar-refractivity contribution in [3.05, 3.63) is 65.2 Å². The second kappa shape index (κ2) is 10.3. The molecule has 0 bridgehead atoms. The van der Waals surface area contributed by atoms with Gasteiger partial charge in [-0.3, -0.25) is 4.79 Å². The molecule has 5 heteroatoms. The first-order valence-electron chi connectivity index (χ1n) is 12.1. The number of carbonyl (C=O) groups excluding carboxylic acids is 1. The zero-order valence-electron chi connectivity index (χ0n) is 21.0. The first-order valence-corrected chi connectivity index (χ1v) is 12.1. The molecule has 33 heavy (non-hydrogen) atoms. The van der Waals surface area contributed by atoms with E-state index in [-0.39, 0.29) is 28.9 Å². The minimum absolute atomic E-state index is 0.0533. The summed E-state index contributed by atoms with van der Waals surface area (Å²) in [7, 11) is 0. The standard InChI is InChI=1S/C28H41N3O2/c1-19(32)30-24(15-20-10-8-7-9-11-20)26(33)18-29-25-17-28(5,6)31-23-13-12-21(14-22(23)25)16-27(2,3)4/h7-14,24-26,29,31,33H,15-18H2,1-6H3,(H,30,32)/t24-,25-,26-/m0/s1. The van der Waals surface area contributed by atoms with Gasteiger partial charge in [0.05, 0.1) is 12.1 Å². The topological polar surface area (TPSA) is 73.4 Å². The van der Waals surface area contributed by atoms with Gasteiger partial charge in [0.1, 0.15) is 0 Å². The largest absolute Gasteiger partial charge is 0.390 e. The summed E-state index contributed by atoms with van der Waals surface area (Å²) in [6.07, 6.45) is 1.82. The monoisotopic (exact) mass is 451 g/mol. The van der Waals surface area contributed by atoms with Gasteiger partial charge >= 0.3 is 0 Å². The van der Waals surface area contributed by atoms with E-state index in [4.69, 9.17) is 0 Å². The zero-order valence-corrected chi connectivity index (χ0v) is 21.0. The highest BCUT2D eigenvalue weighted by molar-refractivity contribution is 5.73. The van der Waals surface area contributed by atoms with Gasteiger partial charge in [0.15, 0.2) is 0 Å².